The van der Waals surface area contributed by atoms with Crippen LogP contribution in [0, 0.1) is 24.4 Å². The second-order valence-electron chi connectivity index (χ2n) is 13.6. The smallest absolute Gasteiger partial charge is 0.256 e. The summed E-state index contributed by atoms with van der Waals surface area (Å²) in [6.07, 6.45) is 6.19. The number of rotatable bonds is 8. The summed E-state index contributed by atoms with van der Waals surface area (Å²) in [4.78, 5) is 21.7. The summed E-state index contributed by atoms with van der Waals surface area (Å²) in [5.41, 5.74) is 2.18. The van der Waals surface area contributed by atoms with E-state index in [-0.39, 0.29) is 18.9 Å². The lowest BCUT2D eigenvalue weighted by atomic mass is 9.70. The maximum absolute atomic E-state index is 14.9. The predicted octanol–water partition coefficient (Wildman–Crippen LogP) is 6.10. The molecule has 4 aromatic rings. The fourth-order valence-electron chi connectivity index (χ4n) is 8.61. The van der Waals surface area contributed by atoms with E-state index in [2.05, 4.69) is 34.6 Å². The molecule has 1 aromatic heterocycles. The van der Waals surface area contributed by atoms with Gasteiger partial charge < -0.3 is 9.47 Å². The lowest BCUT2D eigenvalue weighted by molar-refractivity contribution is 0.0602. The van der Waals surface area contributed by atoms with Gasteiger partial charge in [0.25, 0.3) is 5.91 Å². The number of likely N-dealkylation sites (tertiary alicyclic amines) is 1. The van der Waals surface area contributed by atoms with Crippen LogP contribution in [0.2, 0.25) is 0 Å². The second kappa shape index (κ2) is 12.6. The van der Waals surface area contributed by atoms with Crippen LogP contribution in [0.25, 0.3) is 11.0 Å². The number of aryl methyl sites for hydroxylation is 1. The van der Waals surface area contributed by atoms with Crippen molar-refractivity contribution >= 4 is 27.0 Å². The molecule has 1 amide bonds. The van der Waals surface area contributed by atoms with Crippen LogP contribution in [0.3, 0.4) is 0 Å². The molecule has 8 nitrogen and oxygen atoms in total. The normalized spacial score (nSPS) is 22.8. The molecule has 1 N–H and O–H groups in total. The standard InChI is InChI=1S/C36H40F3N5O3S/c1-23-41-32-8-3-4-9-33(32)44(23)28-19-26-10-11-27(20-28)43(26)17-14-36(24-6-5-7-25(37)18-24)12-15-42(16-13-36)35(45)29-21-34(48(46,47)40-2)31(39)22-30(29)38/h3-9,18,21-22,26-28,40H,10-17,19-20H2,1-2H3/t26-,27+,28+. The highest BCUT2D eigenvalue weighted by Crippen LogP contribution is 2.45. The van der Waals surface area contributed by atoms with E-state index in [1.807, 2.05) is 16.9 Å². The molecule has 0 unspecified atom stereocenters. The Bertz CT molecular complexity index is 1960. The van der Waals surface area contributed by atoms with Crippen LogP contribution in [-0.2, 0) is 15.4 Å². The van der Waals surface area contributed by atoms with E-state index >= 15 is 0 Å². The lowest BCUT2D eigenvalue weighted by Crippen LogP contribution is -2.49. The Morgan fingerprint density at radius 1 is 0.938 bits per heavy atom. The average molecular weight is 680 g/mol. The highest BCUT2D eigenvalue weighted by molar-refractivity contribution is 7.89. The van der Waals surface area contributed by atoms with Crippen LogP contribution in [0.4, 0.5) is 13.2 Å². The monoisotopic (exact) mass is 679 g/mol. The van der Waals surface area contributed by atoms with Crippen molar-refractivity contribution in [2.45, 2.75) is 80.3 Å². The number of hydrogen-bond acceptors (Lipinski definition) is 5. The first-order chi connectivity index (χ1) is 23.0. The first-order valence-electron chi connectivity index (χ1n) is 16.7. The number of sulfonamides is 1. The fraction of sp³-hybridized carbons (Fsp3) is 0.444. The quantitative estimate of drug-likeness (QED) is 0.243. The molecule has 0 aliphatic carbocycles. The molecule has 12 heteroatoms. The molecule has 3 fully saturated rings. The van der Waals surface area contributed by atoms with Crippen molar-refractivity contribution in [2.24, 2.45) is 0 Å². The number of amides is 1. The van der Waals surface area contributed by atoms with Crippen molar-refractivity contribution in [3.8, 4) is 0 Å². The van der Waals surface area contributed by atoms with E-state index in [9.17, 15) is 26.4 Å². The number of nitrogens with zero attached hydrogens (tertiary/aromatic N) is 4. The van der Waals surface area contributed by atoms with Gasteiger partial charge in [-0.3, -0.25) is 9.69 Å². The number of piperidine rings is 2. The Morgan fingerprint density at radius 3 is 2.33 bits per heavy atom. The van der Waals surface area contributed by atoms with Gasteiger partial charge in [0, 0.05) is 37.3 Å². The molecule has 2 bridgehead atoms. The summed E-state index contributed by atoms with van der Waals surface area (Å²) < 4.78 is 72.9. The summed E-state index contributed by atoms with van der Waals surface area (Å²) in [5, 5.41) is 0. The van der Waals surface area contributed by atoms with Crippen molar-refractivity contribution in [2.75, 3.05) is 26.7 Å². The van der Waals surface area contributed by atoms with Gasteiger partial charge in [-0.05, 0) is 107 Å². The second-order valence-corrected chi connectivity index (χ2v) is 15.4. The first kappa shape index (κ1) is 32.8. The summed E-state index contributed by atoms with van der Waals surface area (Å²) in [6.45, 7) is 3.46. The van der Waals surface area contributed by atoms with Crippen LogP contribution in [0.1, 0.15) is 72.7 Å². The molecule has 3 saturated heterocycles. The Labute approximate surface area is 279 Å². The van der Waals surface area contributed by atoms with Gasteiger partial charge in [-0.1, -0.05) is 24.3 Å². The zero-order valence-electron chi connectivity index (χ0n) is 27.1. The molecule has 0 spiro atoms. The van der Waals surface area contributed by atoms with Gasteiger partial charge in [-0.15, -0.1) is 0 Å². The van der Waals surface area contributed by atoms with Gasteiger partial charge in [0.1, 0.15) is 28.2 Å². The minimum Gasteiger partial charge on any atom is -0.338 e. The van der Waals surface area contributed by atoms with Gasteiger partial charge in [-0.2, -0.15) is 0 Å². The van der Waals surface area contributed by atoms with Crippen molar-refractivity contribution < 1.29 is 26.4 Å². The predicted molar refractivity (Wildman–Crippen MR) is 177 cm³/mol. The molecular formula is C36H40F3N5O3S. The highest BCUT2D eigenvalue weighted by Gasteiger charge is 2.44. The summed E-state index contributed by atoms with van der Waals surface area (Å²) in [6, 6.07) is 17.4. The average Bonchev–Trinajstić information content (AvgIpc) is 3.53. The number of carbonyl (C=O) groups excluding carboxylic acids is 1. The molecular weight excluding hydrogens is 639 g/mol. The summed E-state index contributed by atoms with van der Waals surface area (Å²) in [7, 11) is -3.13. The Morgan fingerprint density at radius 2 is 1.65 bits per heavy atom. The van der Waals surface area contributed by atoms with Gasteiger partial charge >= 0.3 is 0 Å². The molecule has 0 saturated carbocycles. The van der Waals surface area contributed by atoms with Crippen LogP contribution in [0.5, 0.6) is 0 Å². The Balaban J connectivity index is 1.09. The van der Waals surface area contributed by atoms with Gasteiger partial charge in [0.05, 0.1) is 16.6 Å². The van der Waals surface area contributed by atoms with Crippen LogP contribution >= 0.6 is 0 Å². The minimum absolute atomic E-state index is 0.266. The van der Waals surface area contributed by atoms with E-state index < -0.39 is 43.4 Å². The Kier molecular flexibility index (Phi) is 8.62. The number of benzene rings is 3. The maximum atomic E-state index is 14.9. The third-order valence-corrected chi connectivity index (χ3v) is 12.5. The Hall–Kier alpha value is -3.74. The molecule has 48 heavy (non-hydrogen) atoms. The molecule has 3 aliphatic heterocycles. The third kappa shape index (κ3) is 5.81. The van der Waals surface area contributed by atoms with E-state index in [4.69, 9.17) is 4.98 Å². The lowest BCUT2D eigenvalue weighted by Gasteiger charge is -2.45. The van der Waals surface area contributed by atoms with Crippen molar-refractivity contribution in [3.63, 3.8) is 0 Å². The number of imidazole rings is 1. The number of halogens is 3. The summed E-state index contributed by atoms with van der Waals surface area (Å²) in [5.74, 6) is -2.36. The van der Waals surface area contributed by atoms with E-state index in [1.54, 1.807) is 12.1 Å². The maximum Gasteiger partial charge on any atom is 0.256 e. The third-order valence-electron chi connectivity index (χ3n) is 11.1. The molecule has 4 heterocycles. The highest BCUT2D eigenvalue weighted by atomic mass is 32.2. The molecule has 7 rings (SSSR count). The largest absolute Gasteiger partial charge is 0.338 e. The van der Waals surface area contributed by atoms with Gasteiger partial charge in [0.2, 0.25) is 10.0 Å². The SMILES string of the molecule is CNS(=O)(=O)c1cc(C(=O)N2CCC(CCN3[C@@H]4CC[C@H]3C[C@@H](n3c(C)nc5ccccc53)C4)(c3cccc(F)c3)CC2)c(F)cc1F. The number of carbonyl (C=O) groups is 1. The number of nitrogens with one attached hydrogen (secondary N) is 1. The summed E-state index contributed by atoms with van der Waals surface area (Å²) >= 11 is 0. The molecule has 3 aliphatic rings. The van der Waals surface area contributed by atoms with Crippen LogP contribution in [0.15, 0.2) is 65.6 Å². The zero-order valence-corrected chi connectivity index (χ0v) is 27.9. The van der Waals surface area contributed by atoms with E-state index in [1.165, 1.54) is 16.5 Å². The number of hydrogen-bond donors (Lipinski definition) is 1. The van der Waals surface area contributed by atoms with Crippen molar-refractivity contribution in [3.05, 3.63) is 95.1 Å². The topological polar surface area (TPSA) is 87.5 Å². The minimum atomic E-state index is -4.25. The van der Waals surface area contributed by atoms with E-state index in [0.717, 1.165) is 68.7 Å². The molecule has 3 aromatic carbocycles. The van der Waals surface area contributed by atoms with Gasteiger partial charge in [-0.25, -0.2) is 31.3 Å². The van der Waals surface area contributed by atoms with Crippen LogP contribution < -0.4 is 4.72 Å². The zero-order chi connectivity index (χ0) is 33.8. The van der Waals surface area contributed by atoms with E-state index in [0.29, 0.717) is 37.0 Å². The van der Waals surface area contributed by atoms with Gasteiger partial charge in [0.15, 0.2) is 0 Å². The molecule has 0 radical (unpaired) electrons. The van der Waals surface area contributed by atoms with Crippen molar-refractivity contribution in [1.29, 1.82) is 0 Å². The first-order valence-corrected chi connectivity index (χ1v) is 18.2. The molecule has 254 valence electrons. The number of aromatic nitrogens is 2. The van der Waals surface area contributed by atoms with Crippen molar-refractivity contribution in [1.82, 2.24) is 24.1 Å². The fourth-order valence-corrected chi connectivity index (χ4v) is 9.42. The number of fused-ring (bicyclic) bond motifs is 3. The molecule has 3 atom stereocenters. The number of para-hydroxylation sites is 2. The van der Waals surface area contributed by atoms with Crippen LogP contribution in [-0.4, -0.2) is 72.4 Å².